The van der Waals surface area contributed by atoms with E-state index in [9.17, 15) is 8.42 Å². The van der Waals surface area contributed by atoms with Gasteiger partial charge in [0.1, 0.15) is 0 Å². The molecule has 0 bridgehead atoms. The first-order chi connectivity index (χ1) is 8.57. The van der Waals surface area contributed by atoms with Crippen LogP contribution >= 0.6 is 0 Å². The number of hydrogen-bond donors (Lipinski definition) is 2. The van der Waals surface area contributed by atoms with E-state index in [1.807, 2.05) is 0 Å². The van der Waals surface area contributed by atoms with E-state index in [1.54, 1.807) is 0 Å². The smallest absolute Gasteiger partial charge is 0.282 e. The van der Waals surface area contributed by atoms with E-state index < -0.39 is 10.2 Å². The second-order valence-electron chi connectivity index (χ2n) is 4.37. The second kappa shape index (κ2) is 7.20. The summed E-state index contributed by atoms with van der Waals surface area (Å²) < 4.78 is 27.7. The van der Waals surface area contributed by atoms with Crippen molar-refractivity contribution in [3.05, 3.63) is 12.7 Å². The maximum Gasteiger partial charge on any atom is 0.282 e. The Balaban J connectivity index is 2.89. The summed E-state index contributed by atoms with van der Waals surface area (Å²) in [6.45, 7) is 4.48. The Morgan fingerprint density at radius 1 is 1.50 bits per heavy atom. The van der Waals surface area contributed by atoms with Crippen LogP contribution in [0.5, 0.6) is 0 Å². The van der Waals surface area contributed by atoms with Gasteiger partial charge >= 0.3 is 0 Å². The van der Waals surface area contributed by atoms with Gasteiger partial charge in [0.25, 0.3) is 10.2 Å². The van der Waals surface area contributed by atoms with Crippen molar-refractivity contribution in [2.45, 2.75) is 25.3 Å². The SMILES string of the molecule is C=CCN(CCO)S(=O)(=O)N1CCCCC1CN. The second-order valence-corrected chi connectivity index (χ2v) is 6.26. The zero-order chi connectivity index (χ0) is 13.6. The minimum absolute atomic E-state index is 0.0855. The van der Waals surface area contributed by atoms with Crippen LogP contribution in [0.15, 0.2) is 12.7 Å². The van der Waals surface area contributed by atoms with Crippen LogP contribution in [0.2, 0.25) is 0 Å². The van der Waals surface area contributed by atoms with E-state index in [0.29, 0.717) is 13.1 Å². The lowest BCUT2D eigenvalue weighted by Gasteiger charge is -2.37. The van der Waals surface area contributed by atoms with E-state index in [1.165, 1.54) is 14.7 Å². The number of nitrogens with zero attached hydrogens (tertiary/aromatic N) is 2. The van der Waals surface area contributed by atoms with Gasteiger partial charge in [-0.3, -0.25) is 0 Å². The molecule has 0 spiro atoms. The Morgan fingerprint density at radius 2 is 2.22 bits per heavy atom. The highest BCUT2D eigenvalue weighted by atomic mass is 32.2. The largest absolute Gasteiger partial charge is 0.395 e. The Bertz CT molecular complexity index is 359. The molecule has 106 valence electrons. The Hall–Kier alpha value is -0.470. The maximum absolute atomic E-state index is 12.5. The van der Waals surface area contributed by atoms with Crippen LogP contribution < -0.4 is 5.73 Å². The van der Waals surface area contributed by atoms with Crippen molar-refractivity contribution in [3.63, 3.8) is 0 Å². The molecular formula is C11H23N3O3S. The van der Waals surface area contributed by atoms with Gasteiger partial charge in [-0.1, -0.05) is 12.5 Å². The summed E-state index contributed by atoms with van der Waals surface area (Å²) >= 11 is 0. The molecular weight excluding hydrogens is 254 g/mol. The molecule has 0 aliphatic carbocycles. The van der Waals surface area contributed by atoms with Gasteiger partial charge in [0.15, 0.2) is 0 Å². The summed E-state index contributed by atoms with van der Waals surface area (Å²) in [6, 6.07) is -0.130. The number of nitrogens with two attached hydrogens (primary N) is 1. The molecule has 0 aromatic rings. The third-order valence-corrected chi connectivity index (χ3v) is 5.21. The molecule has 1 fully saturated rings. The molecule has 1 rings (SSSR count). The third-order valence-electron chi connectivity index (χ3n) is 3.15. The van der Waals surface area contributed by atoms with Crippen molar-refractivity contribution in [1.29, 1.82) is 0 Å². The number of hydrogen-bond acceptors (Lipinski definition) is 4. The number of piperidine rings is 1. The van der Waals surface area contributed by atoms with Crippen molar-refractivity contribution >= 4 is 10.2 Å². The highest BCUT2D eigenvalue weighted by Crippen LogP contribution is 2.21. The summed E-state index contributed by atoms with van der Waals surface area (Å²) in [5.74, 6) is 0. The highest BCUT2D eigenvalue weighted by molar-refractivity contribution is 7.86. The summed E-state index contributed by atoms with van der Waals surface area (Å²) in [4.78, 5) is 0. The Kier molecular flexibility index (Phi) is 6.24. The van der Waals surface area contributed by atoms with Crippen LogP contribution in [0.4, 0.5) is 0 Å². The van der Waals surface area contributed by atoms with Gasteiger partial charge in [-0.2, -0.15) is 17.0 Å². The molecule has 7 heteroatoms. The molecule has 3 N–H and O–H groups in total. The van der Waals surface area contributed by atoms with Crippen LogP contribution in [0.25, 0.3) is 0 Å². The van der Waals surface area contributed by atoms with Crippen molar-refractivity contribution in [2.24, 2.45) is 5.73 Å². The molecule has 0 saturated carbocycles. The molecule has 1 saturated heterocycles. The molecule has 1 unspecified atom stereocenters. The Labute approximate surface area is 109 Å². The number of rotatable bonds is 7. The molecule has 1 atom stereocenters. The van der Waals surface area contributed by atoms with Crippen LogP contribution in [-0.4, -0.2) is 61.0 Å². The molecule has 1 heterocycles. The first kappa shape index (κ1) is 15.6. The minimum Gasteiger partial charge on any atom is -0.395 e. The maximum atomic E-state index is 12.5. The summed E-state index contributed by atoms with van der Waals surface area (Å²) in [6.07, 6.45) is 4.19. The standard InChI is InChI=1S/C11H23N3O3S/c1-2-6-13(8-9-15)18(16,17)14-7-4-3-5-11(14)10-12/h2,11,15H,1,3-10,12H2. The molecule has 0 radical (unpaired) electrons. The summed E-state index contributed by atoms with van der Waals surface area (Å²) in [7, 11) is -3.55. The van der Waals surface area contributed by atoms with Gasteiger partial charge in [0.2, 0.25) is 0 Å². The van der Waals surface area contributed by atoms with Gasteiger partial charge in [-0.15, -0.1) is 6.58 Å². The summed E-state index contributed by atoms with van der Waals surface area (Å²) in [5, 5.41) is 8.96. The zero-order valence-electron chi connectivity index (χ0n) is 10.7. The van der Waals surface area contributed by atoms with Gasteiger partial charge in [0, 0.05) is 32.2 Å². The van der Waals surface area contributed by atoms with E-state index >= 15 is 0 Å². The summed E-state index contributed by atoms with van der Waals surface area (Å²) in [5.41, 5.74) is 5.64. The number of aliphatic hydroxyl groups excluding tert-OH is 1. The van der Waals surface area contributed by atoms with Gasteiger partial charge in [0.05, 0.1) is 6.61 Å². The van der Waals surface area contributed by atoms with Crippen molar-refractivity contribution < 1.29 is 13.5 Å². The topological polar surface area (TPSA) is 86.9 Å². The lowest BCUT2D eigenvalue weighted by atomic mass is 10.1. The van der Waals surface area contributed by atoms with Crippen LogP contribution in [-0.2, 0) is 10.2 Å². The molecule has 6 nitrogen and oxygen atoms in total. The minimum atomic E-state index is -3.55. The van der Waals surface area contributed by atoms with Crippen LogP contribution in [0.3, 0.4) is 0 Å². The quantitative estimate of drug-likeness (QED) is 0.616. The predicted molar refractivity (Wildman–Crippen MR) is 71.2 cm³/mol. The van der Waals surface area contributed by atoms with Gasteiger partial charge in [-0.25, -0.2) is 0 Å². The molecule has 1 aliphatic heterocycles. The molecule has 0 amide bonds. The molecule has 0 aromatic heterocycles. The first-order valence-corrected chi connectivity index (χ1v) is 7.66. The fourth-order valence-corrected chi connectivity index (χ4v) is 4.05. The van der Waals surface area contributed by atoms with Crippen molar-refractivity contribution in [3.8, 4) is 0 Å². The predicted octanol–water partition coefficient (Wildman–Crippen LogP) is -0.475. The normalized spacial score (nSPS) is 22.3. The van der Waals surface area contributed by atoms with Crippen molar-refractivity contribution in [1.82, 2.24) is 8.61 Å². The average molecular weight is 277 g/mol. The molecule has 0 aromatic carbocycles. The van der Waals surface area contributed by atoms with Crippen LogP contribution in [0.1, 0.15) is 19.3 Å². The zero-order valence-corrected chi connectivity index (χ0v) is 11.5. The van der Waals surface area contributed by atoms with Crippen molar-refractivity contribution in [2.75, 3.05) is 32.8 Å². The fraction of sp³-hybridized carbons (Fsp3) is 0.818. The van der Waals surface area contributed by atoms with E-state index in [-0.39, 0.29) is 25.7 Å². The third kappa shape index (κ3) is 3.52. The van der Waals surface area contributed by atoms with Crippen LogP contribution in [0, 0.1) is 0 Å². The van der Waals surface area contributed by atoms with E-state index in [0.717, 1.165) is 19.3 Å². The average Bonchev–Trinajstić information content (AvgIpc) is 2.38. The Morgan fingerprint density at radius 3 is 2.78 bits per heavy atom. The first-order valence-electron chi connectivity index (χ1n) is 6.26. The van der Waals surface area contributed by atoms with E-state index in [2.05, 4.69) is 6.58 Å². The lowest BCUT2D eigenvalue weighted by Crippen LogP contribution is -2.53. The monoisotopic (exact) mass is 277 g/mol. The molecule has 1 aliphatic rings. The fourth-order valence-electron chi connectivity index (χ4n) is 2.22. The van der Waals surface area contributed by atoms with Gasteiger partial charge < -0.3 is 10.8 Å². The number of aliphatic hydroxyl groups is 1. The highest BCUT2D eigenvalue weighted by Gasteiger charge is 2.35. The van der Waals surface area contributed by atoms with Gasteiger partial charge in [-0.05, 0) is 12.8 Å². The lowest BCUT2D eigenvalue weighted by molar-refractivity contribution is 0.220. The molecule has 18 heavy (non-hydrogen) atoms. The van der Waals surface area contributed by atoms with E-state index in [4.69, 9.17) is 10.8 Å².